The van der Waals surface area contributed by atoms with Crippen molar-refractivity contribution in [1.82, 2.24) is 0 Å². The molecule has 0 spiro atoms. The maximum Gasteiger partial charge on any atom is 0.245 e. The van der Waals surface area contributed by atoms with Gasteiger partial charge in [0, 0.05) is 5.56 Å². The van der Waals surface area contributed by atoms with E-state index < -0.39 is 9.99 Å². The van der Waals surface area contributed by atoms with Crippen molar-refractivity contribution < 1.29 is 9.59 Å². The van der Waals surface area contributed by atoms with E-state index in [0.717, 1.165) is 0 Å². The molecular weight excluding hydrogens is 220 g/mol. The van der Waals surface area contributed by atoms with E-state index in [-0.39, 0.29) is 5.78 Å². The molecule has 0 aliphatic rings. The molecule has 0 aromatic heterocycles. The molecule has 0 amide bonds. The van der Waals surface area contributed by atoms with Crippen LogP contribution in [0.2, 0.25) is 0 Å². The van der Waals surface area contributed by atoms with Crippen LogP contribution in [0.3, 0.4) is 0 Å². The predicted molar refractivity (Wildman–Crippen MR) is 59.0 cm³/mol. The lowest BCUT2D eigenvalue weighted by molar-refractivity contribution is -0.112. The van der Waals surface area contributed by atoms with Gasteiger partial charge in [-0.2, -0.15) is 12.6 Å². The largest absolute Gasteiger partial charge is 0.292 e. The molecule has 14 heavy (non-hydrogen) atoms. The maximum atomic E-state index is 11.7. The monoisotopic (exact) mass is 228 g/mol. The number of hydrogen-bond acceptors (Lipinski definition) is 3. The third-order valence-corrected chi connectivity index (χ3v) is 2.78. The highest BCUT2D eigenvalue weighted by Gasteiger charge is 2.36. The summed E-state index contributed by atoms with van der Waals surface area (Å²) in [4.78, 5) is 22.7. The fraction of sp³-hybridized carbons (Fsp3) is 0.200. The number of rotatable bonds is 3. The van der Waals surface area contributed by atoms with Crippen molar-refractivity contribution in [1.29, 1.82) is 0 Å². The van der Waals surface area contributed by atoms with E-state index in [4.69, 9.17) is 11.6 Å². The molecule has 0 fully saturated rings. The van der Waals surface area contributed by atoms with Gasteiger partial charge in [-0.25, -0.2) is 0 Å². The van der Waals surface area contributed by atoms with Crippen LogP contribution in [0.1, 0.15) is 17.3 Å². The molecule has 2 nitrogen and oxygen atoms in total. The molecule has 0 heterocycles. The maximum absolute atomic E-state index is 11.7. The van der Waals surface area contributed by atoms with Gasteiger partial charge in [-0.3, -0.25) is 9.59 Å². The van der Waals surface area contributed by atoms with Crippen molar-refractivity contribution in [2.24, 2.45) is 0 Å². The number of Topliss-reactive ketones (excluding diaryl/α,β-unsaturated/α-hetero) is 1. The van der Waals surface area contributed by atoms with Gasteiger partial charge < -0.3 is 0 Å². The number of halogens is 1. The van der Waals surface area contributed by atoms with E-state index in [9.17, 15) is 9.59 Å². The summed E-state index contributed by atoms with van der Waals surface area (Å²) in [6.07, 6.45) is 0. The number of carbonyl (C=O) groups excluding carboxylic acids is 2. The average Bonchev–Trinajstić information content (AvgIpc) is 2.17. The van der Waals surface area contributed by atoms with E-state index in [1.54, 1.807) is 30.3 Å². The highest BCUT2D eigenvalue weighted by atomic mass is 35.5. The second kappa shape index (κ2) is 4.15. The van der Waals surface area contributed by atoms with Crippen LogP contribution in [0.15, 0.2) is 30.3 Å². The molecule has 0 aliphatic heterocycles. The summed E-state index contributed by atoms with van der Waals surface area (Å²) in [6.45, 7) is 1.39. The predicted octanol–water partition coefficient (Wildman–Crippen LogP) is 2.32. The molecule has 1 aromatic carbocycles. The van der Waals surface area contributed by atoms with Crippen LogP contribution in [-0.2, 0) is 4.79 Å². The molecule has 0 saturated heterocycles. The molecule has 1 rings (SSSR count). The Morgan fingerprint density at radius 2 is 1.79 bits per heavy atom. The van der Waals surface area contributed by atoms with Gasteiger partial charge in [0.25, 0.3) is 0 Å². The highest BCUT2D eigenvalue weighted by Crippen LogP contribution is 2.22. The zero-order valence-corrected chi connectivity index (χ0v) is 9.18. The number of ketones is 1. The van der Waals surface area contributed by atoms with Gasteiger partial charge in [-0.15, -0.1) is 0 Å². The summed E-state index contributed by atoms with van der Waals surface area (Å²) in [7, 11) is 0. The van der Waals surface area contributed by atoms with Gasteiger partial charge in [0.15, 0.2) is 5.78 Å². The van der Waals surface area contributed by atoms with Crippen molar-refractivity contribution in [2.75, 3.05) is 0 Å². The fourth-order valence-corrected chi connectivity index (χ4v) is 1.17. The van der Waals surface area contributed by atoms with Crippen LogP contribution < -0.4 is 0 Å². The minimum absolute atomic E-state index is 0.388. The first-order chi connectivity index (χ1) is 6.46. The van der Waals surface area contributed by atoms with E-state index in [1.165, 1.54) is 6.92 Å². The van der Waals surface area contributed by atoms with Crippen LogP contribution in [0.25, 0.3) is 0 Å². The second-order valence-electron chi connectivity index (χ2n) is 3.04. The number of thiol groups is 1. The SMILES string of the molecule is CC(S)(C(=O)Cl)C(=O)c1ccccc1. The molecule has 1 aromatic rings. The summed E-state index contributed by atoms with van der Waals surface area (Å²) < 4.78 is -1.46. The summed E-state index contributed by atoms with van der Waals surface area (Å²) in [6, 6.07) is 8.47. The smallest absolute Gasteiger partial charge is 0.245 e. The molecular formula is C10H9ClO2S. The number of hydrogen-bond donors (Lipinski definition) is 1. The lowest BCUT2D eigenvalue weighted by Gasteiger charge is -2.16. The first-order valence-corrected chi connectivity index (χ1v) is 4.81. The topological polar surface area (TPSA) is 34.1 Å². The number of benzene rings is 1. The molecule has 0 radical (unpaired) electrons. The van der Waals surface area contributed by atoms with Gasteiger partial charge in [-0.1, -0.05) is 30.3 Å². The Balaban J connectivity index is 3.03. The molecule has 1 atom stereocenters. The van der Waals surface area contributed by atoms with E-state index in [1.807, 2.05) is 0 Å². The normalized spacial score (nSPS) is 14.5. The Hall–Kier alpha value is -0.800. The van der Waals surface area contributed by atoms with E-state index >= 15 is 0 Å². The van der Waals surface area contributed by atoms with Crippen LogP contribution in [0.4, 0.5) is 0 Å². The third kappa shape index (κ3) is 2.16. The zero-order valence-electron chi connectivity index (χ0n) is 7.53. The summed E-state index contributed by atoms with van der Waals surface area (Å²) in [5, 5.41) is -0.769. The first-order valence-electron chi connectivity index (χ1n) is 3.98. The lowest BCUT2D eigenvalue weighted by atomic mass is 10.00. The van der Waals surface area contributed by atoms with Crippen LogP contribution in [-0.4, -0.2) is 15.8 Å². The lowest BCUT2D eigenvalue weighted by Crippen LogP contribution is -2.35. The van der Waals surface area contributed by atoms with Gasteiger partial charge >= 0.3 is 0 Å². The quantitative estimate of drug-likeness (QED) is 0.373. The Labute approximate surface area is 92.7 Å². The van der Waals surface area contributed by atoms with Crippen molar-refractivity contribution in [2.45, 2.75) is 11.7 Å². The van der Waals surface area contributed by atoms with Gasteiger partial charge in [0.2, 0.25) is 5.24 Å². The van der Waals surface area contributed by atoms with E-state index in [0.29, 0.717) is 5.56 Å². The first kappa shape index (κ1) is 11.3. The minimum atomic E-state index is -1.46. The fourth-order valence-electron chi connectivity index (χ4n) is 0.960. The molecule has 1 unspecified atom stereocenters. The summed E-state index contributed by atoms with van der Waals surface area (Å²) in [5.74, 6) is -0.388. The van der Waals surface area contributed by atoms with Crippen molar-refractivity contribution in [3.63, 3.8) is 0 Å². The van der Waals surface area contributed by atoms with Crippen molar-refractivity contribution >= 4 is 35.3 Å². The Morgan fingerprint density at radius 1 is 1.29 bits per heavy atom. The summed E-state index contributed by atoms with van der Waals surface area (Å²) in [5.41, 5.74) is 0.430. The van der Waals surface area contributed by atoms with Gasteiger partial charge in [-0.05, 0) is 18.5 Å². The zero-order chi connectivity index (χ0) is 10.8. The molecule has 4 heteroatoms. The Kier molecular flexibility index (Phi) is 3.34. The highest BCUT2D eigenvalue weighted by molar-refractivity contribution is 7.84. The Bertz CT molecular complexity index is 360. The number of carbonyl (C=O) groups is 2. The molecule has 0 bridgehead atoms. The average molecular weight is 229 g/mol. The van der Waals surface area contributed by atoms with Gasteiger partial charge in [0.1, 0.15) is 4.75 Å². The van der Waals surface area contributed by atoms with Crippen LogP contribution in [0.5, 0.6) is 0 Å². The molecule has 0 aliphatic carbocycles. The molecule has 0 saturated carbocycles. The molecule has 74 valence electrons. The van der Waals surface area contributed by atoms with Crippen molar-refractivity contribution in [3.8, 4) is 0 Å². The standard InChI is InChI=1S/C10H9ClO2S/c1-10(14,9(11)13)8(12)7-5-3-2-4-6-7/h2-6,14H,1H3. The summed E-state index contributed by atoms with van der Waals surface area (Å²) >= 11 is 9.23. The third-order valence-electron chi connectivity index (χ3n) is 1.86. The van der Waals surface area contributed by atoms with E-state index in [2.05, 4.69) is 12.6 Å². The van der Waals surface area contributed by atoms with Gasteiger partial charge in [0.05, 0.1) is 0 Å². The van der Waals surface area contributed by atoms with Crippen molar-refractivity contribution in [3.05, 3.63) is 35.9 Å². The minimum Gasteiger partial charge on any atom is -0.292 e. The second-order valence-corrected chi connectivity index (χ2v) is 4.28. The van der Waals surface area contributed by atoms with Crippen LogP contribution >= 0.6 is 24.2 Å². The van der Waals surface area contributed by atoms with Crippen LogP contribution in [0, 0.1) is 0 Å². The molecule has 0 N–H and O–H groups in total. The Morgan fingerprint density at radius 3 is 2.21 bits per heavy atom.